The van der Waals surface area contributed by atoms with Crippen molar-refractivity contribution in [2.24, 2.45) is 0 Å². The molecule has 8 heteroatoms. The van der Waals surface area contributed by atoms with E-state index in [0.717, 1.165) is 21.1 Å². The Morgan fingerprint density at radius 1 is 1.33 bits per heavy atom. The number of rotatable bonds is 6. The highest BCUT2D eigenvalue weighted by molar-refractivity contribution is 7.12. The molecule has 3 aromatic rings. The first kappa shape index (κ1) is 16.6. The number of hydrogen-bond donors (Lipinski definition) is 1. The van der Waals surface area contributed by atoms with Gasteiger partial charge in [-0.15, -0.1) is 11.3 Å². The fraction of sp³-hybridized carbons (Fsp3) is 0.250. The van der Waals surface area contributed by atoms with Gasteiger partial charge in [0.25, 0.3) is 0 Å². The fourth-order valence-electron chi connectivity index (χ4n) is 2.23. The van der Waals surface area contributed by atoms with E-state index in [1.54, 1.807) is 22.3 Å². The summed E-state index contributed by atoms with van der Waals surface area (Å²) in [6, 6.07) is 7.60. The molecule has 0 fully saturated rings. The zero-order valence-corrected chi connectivity index (χ0v) is 14.6. The number of aryl methyl sites for hydroxylation is 2. The van der Waals surface area contributed by atoms with E-state index in [1.165, 1.54) is 6.33 Å². The van der Waals surface area contributed by atoms with Gasteiger partial charge in [-0.05, 0) is 19.1 Å². The van der Waals surface area contributed by atoms with Gasteiger partial charge in [-0.2, -0.15) is 5.10 Å². The Morgan fingerprint density at radius 2 is 2.12 bits per heavy atom. The molecular formula is C16H16ClN5OS. The van der Waals surface area contributed by atoms with Crippen LogP contribution in [0.4, 0.5) is 0 Å². The highest BCUT2D eigenvalue weighted by Gasteiger charge is 2.11. The van der Waals surface area contributed by atoms with Crippen LogP contribution in [0.1, 0.15) is 16.3 Å². The Kier molecular flexibility index (Phi) is 5.22. The molecule has 2 aromatic heterocycles. The van der Waals surface area contributed by atoms with E-state index >= 15 is 0 Å². The number of thiazole rings is 1. The second kappa shape index (κ2) is 7.55. The molecule has 2 heterocycles. The molecule has 1 aromatic carbocycles. The number of carbonyl (C=O) groups excluding carboxylic acids is 1. The van der Waals surface area contributed by atoms with Crippen LogP contribution in [0.15, 0.2) is 36.9 Å². The van der Waals surface area contributed by atoms with Crippen molar-refractivity contribution in [1.29, 1.82) is 0 Å². The Morgan fingerprint density at radius 3 is 2.83 bits per heavy atom. The van der Waals surface area contributed by atoms with Gasteiger partial charge >= 0.3 is 0 Å². The summed E-state index contributed by atoms with van der Waals surface area (Å²) in [4.78, 5) is 21.5. The van der Waals surface area contributed by atoms with Crippen molar-refractivity contribution >= 4 is 28.8 Å². The van der Waals surface area contributed by atoms with E-state index < -0.39 is 0 Å². The number of benzene rings is 1. The summed E-state index contributed by atoms with van der Waals surface area (Å²) in [7, 11) is 0. The van der Waals surface area contributed by atoms with Crippen LogP contribution in [0.3, 0.4) is 0 Å². The standard InChI is InChI=1S/C16H16ClN5OS/c1-11-16(12-2-4-13(17)5-3-12)21-15(24-11)8-19-14(23)6-7-22-10-18-9-20-22/h2-5,9-10H,6-8H2,1H3,(H,19,23). The summed E-state index contributed by atoms with van der Waals surface area (Å²) < 4.78 is 1.63. The zero-order valence-electron chi connectivity index (χ0n) is 13.1. The number of amides is 1. The molecule has 0 atom stereocenters. The molecular weight excluding hydrogens is 346 g/mol. The zero-order chi connectivity index (χ0) is 16.9. The maximum atomic E-state index is 11.9. The van der Waals surface area contributed by atoms with E-state index in [2.05, 4.69) is 20.4 Å². The molecule has 0 aliphatic heterocycles. The minimum absolute atomic E-state index is 0.0357. The van der Waals surface area contributed by atoms with Gasteiger partial charge in [-0.25, -0.2) is 9.97 Å². The van der Waals surface area contributed by atoms with Crippen LogP contribution < -0.4 is 5.32 Å². The fourth-order valence-corrected chi connectivity index (χ4v) is 3.25. The lowest BCUT2D eigenvalue weighted by Crippen LogP contribution is -2.23. The largest absolute Gasteiger partial charge is 0.350 e. The van der Waals surface area contributed by atoms with E-state index in [0.29, 0.717) is 24.5 Å². The normalized spacial score (nSPS) is 10.8. The molecule has 0 aliphatic carbocycles. The van der Waals surface area contributed by atoms with Gasteiger partial charge in [0.1, 0.15) is 17.7 Å². The maximum Gasteiger partial charge on any atom is 0.222 e. The average molecular weight is 362 g/mol. The van der Waals surface area contributed by atoms with Crippen LogP contribution in [0.5, 0.6) is 0 Å². The second-order valence-electron chi connectivity index (χ2n) is 5.20. The molecule has 0 saturated carbocycles. The summed E-state index contributed by atoms with van der Waals surface area (Å²) >= 11 is 7.50. The van der Waals surface area contributed by atoms with Gasteiger partial charge in [0, 0.05) is 21.9 Å². The molecule has 6 nitrogen and oxygen atoms in total. The van der Waals surface area contributed by atoms with Crippen molar-refractivity contribution in [2.45, 2.75) is 26.4 Å². The minimum Gasteiger partial charge on any atom is -0.350 e. The molecule has 0 spiro atoms. The average Bonchev–Trinajstić information content (AvgIpc) is 3.21. The number of nitrogens with one attached hydrogen (secondary N) is 1. The predicted octanol–water partition coefficient (Wildman–Crippen LogP) is 3.07. The highest BCUT2D eigenvalue weighted by atomic mass is 35.5. The summed E-state index contributed by atoms with van der Waals surface area (Å²) in [5.74, 6) is -0.0357. The number of aromatic nitrogens is 4. The van der Waals surface area contributed by atoms with Gasteiger partial charge in [-0.3, -0.25) is 9.48 Å². The maximum absolute atomic E-state index is 11.9. The van der Waals surface area contributed by atoms with E-state index in [-0.39, 0.29) is 5.91 Å². The minimum atomic E-state index is -0.0357. The summed E-state index contributed by atoms with van der Waals surface area (Å²) in [6.45, 7) is 2.96. The molecule has 0 aliphatic rings. The molecule has 124 valence electrons. The number of halogens is 1. The first-order valence-corrected chi connectivity index (χ1v) is 8.62. The van der Waals surface area contributed by atoms with Crippen LogP contribution in [0.25, 0.3) is 11.3 Å². The molecule has 3 rings (SSSR count). The third-order valence-corrected chi connectivity index (χ3v) is 4.65. The van der Waals surface area contributed by atoms with Crippen LogP contribution in [-0.4, -0.2) is 25.7 Å². The Balaban J connectivity index is 1.57. The third kappa shape index (κ3) is 4.18. The van der Waals surface area contributed by atoms with Crippen LogP contribution in [0, 0.1) is 6.92 Å². The van der Waals surface area contributed by atoms with Gasteiger partial charge in [0.2, 0.25) is 5.91 Å². The Bertz CT molecular complexity index is 814. The summed E-state index contributed by atoms with van der Waals surface area (Å²) in [5.41, 5.74) is 1.96. The van der Waals surface area contributed by atoms with Gasteiger partial charge < -0.3 is 5.32 Å². The topological polar surface area (TPSA) is 72.7 Å². The van der Waals surface area contributed by atoms with Crippen molar-refractivity contribution < 1.29 is 4.79 Å². The highest BCUT2D eigenvalue weighted by Crippen LogP contribution is 2.28. The third-order valence-electron chi connectivity index (χ3n) is 3.43. The SMILES string of the molecule is Cc1sc(CNC(=O)CCn2cncn2)nc1-c1ccc(Cl)cc1. The lowest BCUT2D eigenvalue weighted by Gasteiger charge is -2.03. The van der Waals surface area contributed by atoms with Crippen molar-refractivity contribution in [3.05, 3.63) is 51.8 Å². The molecule has 1 N–H and O–H groups in total. The first-order valence-electron chi connectivity index (χ1n) is 7.43. The number of hydrogen-bond acceptors (Lipinski definition) is 5. The Labute approximate surface area is 148 Å². The molecule has 0 bridgehead atoms. The van der Waals surface area contributed by atoms with E-state index in [1.807, 2.05) is 31.2 Å². The van der Waals surface area contributed by atoms with Crippen molar-refractivity contribution in [3.63, 3.8) is 0 Å². The first-order chi connectivity index (χ1) is 11.6. The van der Waals surface area contributed by atoms with E-state index in [9.17, 15) is 4.79 Å². The lowest BCUT2D eigenvalue weighted by molar-refractivity contribution is -0.121. The smallest absolute Gasteiger partial charge is 0.222 e. The lowest BCUT2D eigenvalue weighted by atomic mass is 10.1. The van der Waals surface area contributed by atoms with Crippen molar-refractivity contribution in [2.75, 3.05) is 0 Å². The number of carbonyl (C=O) groups is 1. The van der Waals surface area contributed by atoms with Gasteiger partial charge in [-0.1, -0.05) is 23.7 Å². The van der Waals surface area contributed by atoms with Gasteiger partial charge in [0.05, 0.1) is 18.8 Å². The second-order valence-corrected chi connectivity index (χ2v) is 6.93. The van der Waals surface area contributed by atoms with E-state index in [4.69, 9.17) is 11.6 Å². The van der Waals surface area contributed by atoms with Crippen LogP contribution in [0.2, 0.25) is 5.02 Å². The number of nitrogens with zero attached hydrogens (tertiary/aromatic N) is 4. The predicted molar refractivity (Wildman–Crippen MR) is 93.8 cm³/mol. The Hall–Kier alpha value is -2.25. The molecule has 0 saturated heterocycles. The quantitative estimate of drug-likeness (QED) is 0.732. The summed E-state index contributed by atoms with van der Waals surface area (Å²) in [5, 5.41) is 8.44. The molecule has 0 unspecified atom stereocenters. The van der Waals surface area contributed by atoms with Crippen molar-refractivity contribution in [1.82, 2.24) is 25.1 Å². The van der Waals surface area contributed by atoms with Gasteiger partial charge in [0.15, 0.2) is 0 Å². The molecule has 24 heavy (non-hydrogen) atoms. The van der Waals surface area contributed by atoms with Crippen LogP contribution in [-0.2, 0) is 17.9 Å². The molecule has 1 amide bonds. The molecule has 0 radical (unpaired) electrons. The van der Waals surface area contributed by atoms with Crippen molar-refractivity contribution in [3.8, 4) is 11.3 Å². The van der Waals surface area contributed by atoms with Crippen LogP contribution >= 0.6 is 22.9 Å². The monoisotopic (exact) mass is 361 g/mol. The summed E-state index contributed by atoms with van der Waals surface area (Å²) in [6.07, 6.45) is 3.40.